The van der Waals surface area contributed by atoms with Crippen molar-refractivity contribution in [1.82, 2.24) is 0 Å². The van der Waals surface area contributed by atoms with Gasteiger partial charge < -0.3 is 5.73 Å². The molecule has 3 heteroatoms. The lowest BCUT2D eigenvalue weighted by Crippen LogP contribution is -2.02. The number of Topliss-reactive ketones (excluding diaryl/α,β-unsaturated/α-hetero) is 1. The summed E-state index contributed by atoms with van der Waals surface area (Å²) in [5.41, 5.74) is 6.61. The molecule has 1 aromatic rings. The minimum atomic E-state index is 0.265. The number of carbonyl (C=O) groups is 1. The number of hydrogen-bond acceptors (Lipinski definition) is 3. The molecular formula is C11H15NOS. The van der Waals surface area contributed by atoms with Crippen molar-refractivity contribution in [2.24, 2.45) is 5.92 Å². The van der Waals surface area contributed by atoms with Crippen molar-refractivity contribution in [2.45, 2.75) is 32.6 Å². The quantitative estimate of drug-likeness (QED) is 0.775. The van der Waals surface area contributed by atoms with E-state index in [9.17, 15) is 4.79 Å². The first-order valence-electron chi connectivity index (χ1n) is 5.14. The van der Waals surface area contributed by atoms with Crippen LogP contribution in [-0.2, 0) is 6.42 Å². The third kappa shape index (κ3) is 1.82. The molecule has 0 atom stereocenters. The second-order valence-corrected chi connectivity index (χ2v) is 5.05. The zero-order chi connectivity index (χ0) is 10.1. The minimum absolute atomic E-state index is 0.265. The van der Waals surface area contributed by atoms with Gasteiger partial charge in [0.1, 0.15) is 0 Å². The summed E-state index contributed by atoms with van der Waals surface area (Å²) in [6.45, 7) is 2.14. The van der Waals surface area contributed by atoms with Crippen LogP contribution in [0.15, 0.2) is 6.07 Å². The second kappa shape index (κ2) is 3.73. The number of aryl methyl sites for hydroxylation is 1. The molecule has 76 valence electrons. The van der Waals surface area contributed by atoms with E-state index in [4.69, 9.17) is 5.73 Å². The molecule has 1 fully saturated rings. The van der Waals surface area contributed by atoms with Gasteiger partial charge in [0.15, 0.2) is 5.78 Å². The first kappa shape index (κ1) is 9.71. The maximum absolute atomic E-state index is 11.8. The van der Waals surface area contributed by atoms with Gasteiger partial charge >= 0.3 is 0 Å². The fourth-order valence-electron chi connectivity index (χ4n) is 1.59. The van der Waals surface area contributed by atoms with Crippen molar-refractivity contribution in [3.05, 3.63) is 16.5 Å². The molecule has 0 saturated heterocycles. The summed E-state index contributed by atoms with van der Waals surface area (Å²) in [6.07, 6.45) is 4.25. The molecule has 2 nitrogen and oxygen atoms in total. The van der Waals surface area contributed by atoms with Crippen LogP contribution >= 0.6 is 11.3 Å². The standard InChI is InChI=1S/C11H15NOS/c1-2-3-8-6-9(11(12)14-8)10(13)7-4-5-7/h6-7H,2-5,12H2,1H3. The molecule has 2 rings (SSSR count). The van der Waals surface area contributed by atoms with Crippen molar-refractivity contribution >= 4 is 22.1 Å². The van der Waals surface area contributed by atoms with E-state index in [0.717, 1.165) is 31.2 Å². The van der Waals surface area contributed by atoms with Crippen molar-refractivity contribution in [2.75, 3.05) is 5.73 Å². The number of hydrogen-bond donors (Lipinski definition) is 1. The van der Waals surface area contributed by atoms with Crippen molar-refractivity contribution in [3.63, 3.8) is 0 Å². The summed E-state index contributed by atoms with van der Waals surface area (Å²) in [6, 6.07) is 1.99. The fourth-order valence-corrected chi connectivity index (χ4v) is 2.62. The van der Waals surface area contributed by atoms with E-state index < -0.39 is 0 Å². The van der Waals surface area contributed by atoms with Gasteiger partial charge in [-0.1, -0.05) is 13.3 Å². The van der Waals surface area contributed by atoms with Crippen LogP contribution in [0.4, 0.5) is 5.00 Å². The van der Waals surface area contributed by atoms with Crippen LogP contribution in [0.1, 0.15) is 41.4 Å². The number of carbonyl (C=O) groups excluding carboxylic acids is 1. The molecule has 1 aromatic heterocycles. The van der Waals surface area contributed by atoms with Gasteiger partial charge in [-0.25, -0.2) is 0 Å². The maximum atomic E-state index is 11.8. The van der Waals surface area contributed by atoms with Crippen LogP contribution in [0.25, 0.3) is 0 Å². The van der Waals surface area contributed by atoms with Gasteiger partial charge in [-0.15, -0.1) is 11.3 Å². The van der Waals surface area contributed by atoms with Gasteiger partial charge in [-0.05, 0) is 25.3 Å². The van der Waals surface area contributed by atoms with Gasteiger partial charge in [0.05, 0.1) is 10.6 Å². The Morgan fingerprint density at radius 1 is 1.64 bits per heavy atom. The summed E-state index contributed by atoms with van der Waals surface area (Å²) < 4.78 is 0. The van der Waals surface area contributed by atoms with Crippen LogP contribution in [0.3, 0.4) is 0 Å². The summed E-state index contributed by atoms with van der Waals surface area (Å²) >= 11 is 1.57. The monoisotopic (exact) mass is 209 g/mol. The number of ketones is 1. The molecule has 0 bridgehead atoms. The molecule has 0 radical (unpaired) electrons. The molecule has 1 aliphatic carbocycles. The van der Waals surface area contributed by atoms with E-state index in [0.29, 0.717) is 5.00 Å². The normalized spacial score (nSPS) is 15.8. The number of nitrogen functional groups attached to an aromatic ring is 1. The van der Waals surface area contributed by atoms with E-state index in [1.165, 1.54) is 4.88 Å². The summed E-state index contributed by atoms with van der Waals surface area (Å²) in [5, 5.41) is 0.713. The van der Waals surface area contributed by atoms with E-state index in [1.54, 1.807) is 11.3 Å². The highest BCUT2D eigenvalue weighted by molar-refractivity contribution is 7.16. The molecule has 1 aliphatic rings. The molecule has 1 heterocycles. The first-order valence-corrected chi connectivity index (χ1v) is 5.96. The zero-order valence-electron chi connectivity index (χ0n) is 8.38. The lowest BCUT2D eigenvalue weighted by molar-refractivity contribution is 0.0969. The van der Waals surface area contributed by atoms with E-state index in [2.05, 4.69) is 6.92 Å². The Labute approximate surface area is 88.1 Å². The third-order valence-corrected chi connectivity index (χ3v) is 3.55. The average Bonchev–Trinajstić information content (AvgIpc) is 2.91. The minimum Gasteiger partial charge on any atom is -0.390 e. The number of thiophene rings is 1. The largest absolute Gasteiger partial charge is 0.390 e. The molecular weight excluding hydrogens is 194 g/mol. The molecule has 2 N–H and O–H groups in total. The maximum Gasteiger partial charge on any atom is 0.168 e. The molecule has 0 aromatic carbocycles. The highest BCUT2D eigenvalue weighted by Gasteiger charge is 2.32. The summed E-state index contributed by atoms with van der Waals surface area (Å²) in [5.74, 6) is 0.544. The number of anilines is 1. The molecule has 0 amide bonds. The first-order chi connectivity index (χ1) is 6.72. The van der Waals surface area contributed by atoms with Crippen LogP contribution in [-0.4, -0.2) is 5.78 Å². The summed E-state index contributed by atoms with van der Waals surface area (Å²) in [4.78, 5) is 13.0. The number of nitrogens with two attached hydrogens (primary N) is 1. The zero-order valence-corrected chi connectivity index (χ0v) is 9.19. The second-order valence-electron chi connectivity index (χ2n) is 3.88. The SMILES string of the molecule is CCCc1cc(C(=O)C2CC2)c(N)s1. The predicted molar refractivity (Wildman–Crippen MR) is 59.8 cm³/mol. The molecule has 0 unspecified atom stereocenters. The lowest BCUT2D eigenvalue weighted by atomic mass is 10.1. The Morgan fingerprint density at radius 2 is 2.36 bits per heavy atom. The Kier molecular flexibility index (Phi) is 2.59. The van der Waals surface area contributed by atoms with Gasteiger partial charge in [-0.3, -0.25) is 4.79 Å². The van der Waals surface area contributed by atoms with Crippen molar-refractivity contribution in [1.29, 1.82) is 0 Å². The van der Waals surface area contributed by atoms with Gasteiger partial charge in [0.25, 0.3) is 0 Å². The van der Waals surface area contributed by atoms with Gasteiger partial charge in [0.2, 0.25) is 0 Å². The van der Waals surface area contributed by atoms with E-state index in [1.807, 2.05) is 6.07 Å². The molecule has 0 spiro atoms. The Hall–Kier alpha value is -0.830. The molecule has 0 aliphatic heterocycles. The van der Waals surface area contributed by atoms with Crippen LogP contribution in [0.2, 0.25) is 0 Å². The Balaban J connectivity index is 2.19. The highest BCUT2D eigenvalue weighted by atomic mass is 32.1. The summed E-state index contributed by atoms with van der Waals surface area (Å²) in [7, 11) is 0. The number of rotatable bonds is 4. The average molecular weight is 209 g/mol. The van der Waals surface area contributed by atoms with E-state index >= 15 is 0 Å². The topological polar surface area (TPSA) is 43.1 Å². The van der Waals surface area contributed by atoms with Crippen molar-refractivity contribution < 1.29 is 4.79 Å². The lowest BCUT2D eigenvalue weighted by Gasteiger charge is -1.94. The van der Waals surface area contributed by atoms with Gasteiger partial charge in [0, 0.05) is 10.8 Å². The fraction of sp³-hybridized carbons (Fsp3) is 0.545. The van der Waals surface area contributed by atoms with Gasteiger partial charge in [-0.2, -0.15) is 0 Å². The Bertz CT molecular complexity index is 352. The molecule has 14 heavy (non-hydrogen) atoms. The van der Waals surface area contributed by atoms with E-state index in [-0.39, 0.29) is 11.7 Å². The van der Waals surface area contributed by atoms with Crippen LogP contribution in [0, 0.1) is 5.92 Å². The van der Waals surface area contributed by atoms with Crippen LogP contribution in [0.5, 0.6) is 0 Å². The highest BCUT2D eigenvalue weighted by Crippen LogP contribution is 2.36. The molecule has 1 saturated carbocycles. The van der Waals surface area contributed by atoms with Crippen molar-refractivity contribution in [3.8, 4) is 0 Å². The smallest absolute Gasteiger partial charge is 0.168 e. The predicted octanol–water partition coefficient (Wildman–Crippen LogP) is 2.88. The van der Waals surface area contributed by atoms with Crippen LogP contribution < -0.4 is 5.73 Å². The Morgan fingerprint density at radius 3 is 2.93 bits per heavy atom. The third-order valence-electron chi connectivity index (χ3n) is 2.52.